The van der Waals surface area contributed by atoms with Crippen LogP contribution in [0.3, 0.4) is 0 Å². The lowest BCUT2D eigenvalue weighted by Crippen LogP contribution is -2.48. The number of halogens is 1. The fourth-order valence-electron chi connectivity index (χ4n) is 3.03. The number of hydrogen-bond donors (Lipinski definition) is 2. The molecule has 0 unspecified atom stereocenters. The first-order valence-electron chi connectivity index (χ1n) is 8.07. The maximum absolute atomic E-state index is 12.3. The van der Waals surface area contributed by atoms with E-state index >= 15 is 0 Å². The molecule has 0 aliphatic carbocycles. The lowest BCUT2D eigenvalue weighted by atomic mass is 10.0. The molecule has 1 aromatic carbocycles. The van der Waals surface area contributed by atoms with Gasteiger partial charge in [-0.2, -0.15) is 0 Å². The molecule has 1 aliphatic rings. The summed E-state index contributed by atoms with van der Waals surface area (Å²) < 4.78 is 0. The number of rotatable bonds is 4. The number of pyridine rings is 1. The van der Waals surface area contributed by atoms with Crippen LogP contribution in [-0.2, 0) is 6.54 Å². The van der Waals surface area contributed by atoms with Gasteiger partial charge >= 0.3 is 0 Å². The van der Waals surface area contributed by atoms with Crippen LogP contribution >= 0.6 is 11.6 Å². The SMILES string of the molecule is O=C(N[C@H]1CCCN(Cc2ccc(Cl)cc2)C1)c1ccc[nH]c1=O. The molecule has 1 atom stereocenters. The van der Waals surface area contributed by atoms with Crippen LogP contribution in [0.15, 0.2) is 47.4 Å². The highest BCUT2D eigenvalue weighted by molar-refractivity contribution is 6.30. The van der Waals surface area contributed by atoms with Gasteiger partial charge in [0.25, 0.3) is 11.5 Å². The van der Waals surface area contributed by atoms with Crippen LogP contribution in [0.5, 0.6) is 0 Å². The maximum atomic E-state index is 12.3. The molecule has 2 N–H and O–H groups in total. The molecule has 6 heteroatoms. The molecule has 126 valence electrons. The third kappa shape index (κ3) is 4.24. The van der Waals surface area contributed by atoms with Crippen molar-refractivity contribution in [1.82, 2.24) is 15.2 Å². The third-order valence-corrected chi connectivity index (χ3v) is 4.47. The molecule has 2 heterocycles. The Bertz CT molecular complexity index is 757. The van der Waals surface area contributed by atoms with Gasteiger partial charge in [0.15, 0.2) is 0 Å². The number of amides is 1. The minimum Gasteiger partial charge on any atom is -0.348 e. The van der Waals surface area contributed by atoms with E-state index in [4.69, 9.17) is 11.6 Å². The van der Waals surface area contributed by atoms with Crippen molar-refractivity contribution in [2.75, 3.05) is 13.1 Å². The molecule has 0 saturated carbocycles. The van der Waals surface area contributed by atoms with E-state index < -0.39 is 0 Å². The normalized spacial score (nSPS) is 18.3. The molecule has 1 saturated heterocycles. The van der Waals surface area contributed by atoms with Gasteiger partial charge in [-0.3, -0.25) is 14.5 Å². The topological polar surface area (TPSA) is 65.2 Å². The van der Waals surface area contributed by atoms with Gasteiger partial charge in [0.1, 0.15) is 5.56 Å². The second-order valence-electron chi connectivity index (χ2n) is 6.09. The van der Waals surface area contributed by atoms with Crippen LogP contribution in [0.4, 0.5) is 0 Å². The average Bonchev–Trinajstić information content (AvgIpc) is 2.58. The Balaban J connectivity index is 1.59. The quantitative estimate of drug-likeness (QED) is 0.894. The van der Waals surface area contributed by atoms with Crippen molar-refractivity contribution < 1.29 is 4.79 Å². The molecule has 1 aromatic heterocycles. The minimum atomic E-state index is -0.358. The predicted octanol–water partition coefficient (Wildman–Crippen LogP) is 2.42. The molecule has 2 aromatic rings. The zero-order valence-corrected chi connectivity index (χ0v) is 14.1. The van der Waals surface area contributed by atoms with Crippen molar-refractivity contribution >= 4 is 17.5 Å². The fraction of sp³-hybridized carbons (Fsp3) is 0.333. The average molecular weight is 346 g/mol. The van der Waals surface area contributed by atoms with Crippen molar-refractivity contribution in [1.29, 1.82) is 0 Å². The monoisotopic (exact) mass is 345 g/mol. The Morgan fingerprint density at radius 2 is 2.08 bits per heavy atom. The summed E-state index contributed by atoms with van der Waals surface area (Å²) >= 11 is 5.92. The van der Waals surface area contributed by atoms with Crippen molar-refractivity contribution in [3.63, 3.8) is 0 Å². The Hall–Kier alpha value is -2.11. The minimum absolute atomic E-state index is 0.0538. The highest BCUT2D eigenvalue weighted by Crippen LogP contribution is 2.16. The lowest BCUT2D eigenvalue weighted by Gasteiger charge is -2.33. The summed E-state index contributed by atoms with van der Waals surface area (Å²) in [4.78, 5) is 28.8. The first-order chi connectivity index (χ1) is 11.6. The maximum Gasteiger partial charge on any atom is 0.260 e. The summed E-state index contributed by atoms with van der Waals surface area (Å²) in [5.74, 6) is -0.310. The van der Waals surface area contributed by atoms with Crippen LogP contribution in [0.25, 0.3) is 0 Å². The van der Waals surface area contributed by atoms with Crippen molar-refractivity contribution in [2.24, 2.45) is 0 Å². The van der Waals surface area contributed by atoms with E-state index in [0.717, 1.165) is 37.5 Å². The second-order valence-corrected chi connectivity index (χ2v) is 6.52. The Labute approximate surface area is 145 Å². The second kappa shape index (κ2) is 7.64. The van der Waals surface area contributed by atoms with Gasteiger partial charge in [-0.25, -0.2) is 0 Å². The number of nitrogens with zero attached hydrogens (tertiary/aromatic N) is 1. The Morgan fingerprint density at radius 3 is 2.83 bits per heavy atom. The Kier molecular flexibility index (Phi) is 5.33. The number of H-pyrrole nitrogens is 1. The first kappa shape index (κ1) is 16.7. The zero-order chi connectivity index (χ0) is 16.9. The Morgan fingerprint density at radius 1 is 1.29 bits per heavy atom. The standard InChI is InChI=1S/C18H20ClN3O2/c19-14-7-5-13(6-8-14)11-22-10-2-3-15(12-22)21-18(24)16-4-1-9-20-17(16)23/h1,4-9,15H,2-3,10-12H2,(H,20,23)(H,21,24)/t15-/m0/s1. The van der Waals surface area contributed by atoms with Gasteiger partial charge in [0.05, 0.1) is 0 Å². The molecular formula is C18H20ClN3O2. The molecule has 3 rings (SSSR count). The number of aromatic amines is 1. The lowest BCUT2D eigenvalue weighted by molar-refractivity contribution is 0.0899. The van der Waals surface area contributed by atoms with E-state index in [2.05, 4.69) is 15.2 Å². The number of benzene rings is 1. The predicted molar refractivity (Wildman–Crippen MR) is 94.3 cm³/mol. The van der Waals surface area contributed by atoms with Crippen molar-refractivity contribution in [2.45, 2.75) is 25.4 Å². The number of carbonyl (C=O) groups excluding carboxylic acids is 1. The number of carbonyl (C=O) groups is 1. The largest absolute Gasteiger partial charge is 0.348 e. The molecule has 0 spiro atoms. The molecule has 1 aliphatic heterocycles. The molecule has 0 radical (unpaired) electrons. The molecule has 24 heavy (non-hydrogen) atoms. The van der Waals surface area contributed by atoms with E-state index in [1.165, 1.54) is 11.8 Å². The summed E-state index contributed by atoms with van der Waals surface area (Å²) in [6.07, 6.45) is 3.46. The number of piperidine rings is 1. The first-order valence-corrected chi connectivity index (χ1v) is 8.45. The van der Waals surface area contributed by atoms with E-state index in [0.29, 0.717) is 0 Å². The van der Waals surface area contributed by atoms with E-state index in [9.17, 15) is 9.59 Å². The summed E-state index contributed by atoms with van der Waals surface area (Å²) in [6.45, 7) is 2.61. The number of nitrogens with one attached hydrogen (secondary N) is 2. The van der Waals surface area contributed by atoms with Gasteiger partial charge in [-0.05, 0) is 49.2 Å². The van der Waals surface area contributed by atoms with E-state index in [-0.39, 0.29) is 23.1 Å². The molecule has 1 fully saturated rings. The molecular weight excluding hydrogens is 326 g/mol. The molecule has 1 amide bonds. The summed E-state index contributed by atoms with van der Waals surface area (Å²) in [7, 11) is 0. The van der Waals surface area contributed by atoms with Crippen LogP contribution in [-0.4, -0.2) is 34.9 Å². The molecule has 0 bridgehead atoms. The highest BCUT2D eigenvalue weighted by Gasteiger charge is 2.22. The smallest absolute Gasteiger partial charge is 0.260 e. The fourth-order valence-corrected chi connectivity index (χ4v) is 3.15. The van der Waals surface area contributed by atoms with E-state index in [1.807, 2.05) is 24.3 Å². The number of likely N-dealkylation sites (tertiary alicyclic amines) is 1. The summed E-state index contributed by atoms with van der Waals surface area (Å²) in [5, 5.41) is 3.71. The van der Waals surface area contributed by atoms with Gasteiger partial charge in [0, 0.05) is 30.4 Å². The zero-order valence-electron chi connectivity index (χ0n) is 13.3. The van der Waals surface area contributed by atoms with Gasteiger partial charge in [-0.1, -0.05) is 23.7 Å². The highest BCUT2D eigenvalue weighted by atomic mass is 35.5. The van der Waals surface area contributed by atoms with Crippen LogP contribution in [0, 0.1) is 0 Å². The third-order valence-electron chi connectivity index (χ3n) is 4.22. The van der Waals surface area contributed by atoms with Crippen LogP contribution in [0.2, 0.25) is 5.02 Å². The van der Waals surface area contributed by atoms with Gasteiger partial charge < -0.3 is 10.3 Å². The van der Waals surface area contributed by atoms with Gasteiger partial charge in [-0.15, -0.1) is 0 Å². The van der Waals surface area contributed by atoms with E-state index in [1.54, 1.807) is 12.1 Å². The summed E-state index contributed by atoms with van der Waals surface area (Å²) in [6, 6.07) is 11.1. The van der Waals surface area contributed by atoms with Crippen molar-refractivity contribution in [3.05, 3.63) is 69.1 Å². The molecule has 5 nitrogen and oxygen atoms in total. The van der Waals surface area contributed by atoms with Crippen LogP contribution in [0.1, 0.15) is 28.8 Å². The summed E-state index contributed by atoms with van der Waals surface area (Å²) in [5.41, 5.74) is 1.00. The van der Waals surface area contributed by atoms with Crippen molar-refractivity contribution in [3.8, 4) is 0 Å². The number of hydrogen-bond acceptors (Lipinski definition) is 3. The van der Waals surface area contributed by atoms with Crippen LogP contribution < -0.4 is 10.9 Å². The number of aromatic nitrogens is 1. The van der Waals surface area contributed by atoms with Gasteiger partial charge in [0.2, 0.25) is 0 Å².